The SMILES string of the molecule is COc1ccc(I)c(Cl)c1C(C)=O. The lowest BCUT2D eigenvalue weighted by molar-refractivity contribution is 0.101. The highest BCUT2D eigenvalue weighted by atomic mass is 127. The average Bonchev–Trinajstić information content (AvgIpc) is 2.08. The lowest BCUT2D eigenvalue weighted by atomic mass is 10.1. The number of methoxy groups -OCH3 is 1. The highest BCUT2D eigenvalue weighted by Gasteiger charge is 2.14. The summed E-state index contributed by atoms with van der Waals surface area (Å²) in [5, 5.41) is 0.465. The van der Waals surface area contributed by atoms with Crippen molar-refractivity contribution in [1.82, 2.24) is 0 Å². The van der Waals surface area contributed by atoms with Gasteiger partial charge in [-0.1, -0.05) is 11.6 Å². The summed E-state index contributed by atoms with van der Waals surface area (Å²) in [7, 11) is 1.52. The molecule has 2 nitrogen and oxygen atoms in total. The molecule has 0 amide bonds. The number of rotatable bonds is 2. The van der Waals surface area contributed by atoms with Crippen LogP contribution in [0.25, 0.3) is 0 Å². The number of hydrogen-bond acceptors (Lipinski definition) is 2. The van der Waals surface area contributed by atoms with Gasteiger partial charge in [0.05, 0.1) is 17.7 Å². The van der Waals surface area contributed by atoms with E-state index in [-0.39, 0.29) is 5.78 Å². The van der Waals surface area contributed by atoms with Crippen LogP contribution in [-0.4, -0.2) is 12.9 Å². The summed E-state index contributed by atoms with van der Waals surface area (Å²) in [4.78, 5) is 11.2. The van der Waals surface area contributed by atoms with Crippen molar-refractivity contribution in [1.29, 1.82) is 0 Å². The zero-order valence-electron chi connectivity index (χ0n) is 7.23. The molecule has 0 fully saturated rings. The van der Waals surface area contributed by atoms with Gasteiger partial charge in [-0.15, -0.1) is 0 Å². The molecule has 0 spiro atoms. The van der Waals surface area contributed by atoms with Crippen LogP contribution in [-0.2, 0) is 0 Å². The van der Waals surface area contributed by atoms with Gasteiger partial charge in [0.2, 0.25) is 0 Å². The Morgan fingerprint density at radius 1 is 1.54 bits per heavy atom. The van der Waals surface area contributed by atoms with E-state index in [1.165, 1.54) is 14.0 Å². The lowest BCUT2D eigenvalue weighted by Crippen LogP contribution is -1.99. The first kappa shape index (κ1) is 10.8. The smallest absolute Gasteiger partial charge is 0.165 e. The summed E-state index contributed by atoms with van der Waals surface area (Å²) in [6.07, 6.45) is 0. The minimum atomic E-state index is -0.0830. The van der Waals surface area contributed by atoms with Crippen LogP contribution < -0.4 is 4.74 Å². The molecule has 0 unspecified atom stereocenters. The molecular weight excluding hydrogens is 302 g/mol. The number of carbonyl (C=O) groups excluding carboxylic acids is 1. The first-order valence-corrected chi connectivity index (χ1v) is 5.06. The molecule has 70 valence electrons. The molecule has 0 aliphatic heterocycles. The monoisotopic (exact) mass is 310 g/mol. The Hall–Kier alpha value is -0.290. The predicted molar refractivity (Wildman–Crippen MR) is 60.7 cm³/mol. The summed E-state index contributed by atoms with van der Waals surface area (Å²) in [5.74, 6) is 0.443. The molecule has 0 bridgehead atoms. The highest BCUT2D eigenvalue weighted by molar-refractivity contribution is 14.1. The number of ketones is 1. The van der Waals surface area contributed by atoms with Crippen molar-refractivity contribution in [3.63, 3.8) is 0 Å². The molecule has 1 rings (SSSR count). The summed E-state index contributed by atoms with van der Waals surface area (Å²) >= 11 is 8.04. The van der Waals surface area contributed by atoms with E-state index in [9.17, 15) is 4.79 Å². The van der Waals surface area contributed by atoms with Crippen molar-refractivity contribution in [2.45, 2.75) is 6.92 Å². The summed E-state index contributed by atoms with van der Waals surface area (Å²) in [6, 6.07) is 3.55. The van der Waals surface area contributed by atoms with Crippen molar-refractivity contribution in [2.75, 3.05) is 7.11 Å². The van der Waals surface area contributed by atoms with E-state index < -0.39 is 0 Å². The minimum Gasteiger partial charge on any atom is -0.496 e. The van der Waals surface area contributed by atoms with Gasteiger partial charge in [-0.3, -0.25) is 4.79 Å². The number of ether oxygens (including phenoxy) is 1. The number of hydrogen-bond donors (Lipinski definition) is 0. The molecule has 0 aliphatic rings. The van der Waals surface area contributed by atoms with Crippen LogP contribution in [0.3, 0.4) is 0 Å². The third-order valence-electron chi connectivity index (χ3n) is 1.63. The Morgan fingerprint density at radius 3 is 2.62 bits per heavy atom. The summed E-state index contributed by atoms with van der Waals surface area (Å²) in [6.45, 7) is 1.47. The molecule has 0 atom stereocenters. The zero-order chi connectivity index (χ0) is 10.0. The van der Waals surface area contributed by atoms with Gasteiger partial charge in [-0.05, 0) is 41.6 Å². The topological polar surface area (TPSA) is 26.3 Å². The van der Waals surface area contributed by atoms with Crippen molar-refractivity contribution in [3.8, 4) is 5.75 Å². The molecule has 13 heavy (non-hydrogen) atoms. The Labute approximate surface area is 95.4 Å². The first-order chi connectivity index (χ1) is 6.07. The normalized spacial score (nSPS) is 9.85. The maximum Gasteiger partial charge on any atom is 0.165 e. The molecule has 0 saturated heterocycles. The van der Waals surface area contributed by atoms with Gasteiger partial charge in [0.15, 0.2) is 5.78 Å². The van der Waals surface area contributed by atoms with E-state index in [1.807, 2.05) is 6.07 Å². The van der Waals surface area contributed by atoms with E-state index in [2.05, 4.69) is 22.6 Å². The fourth-order valence-electron chi connectivity index (χ4n) is 1.03. The first-order valence-electron chi connectivity index (χ1n) is 3.61. The van der Waals surface area contributed by atoms with Crippen molar-refractivity contribution in [2.24, 2.45) is 0 Å². The van der Waals surface area contributed by atoms with Crippen molar-refractivity contribution >= 4 is 40.0 Å². The van der Waals surface area contributed by atoms with E-state index in [0.717, 1.165) is 3.57 Å². The van der Waals surface area contributed by atoms with Gasteiger partial charge in [0.1, 0.15) is 5.75 Å². The van der Waals surface area contributed by atoms with E-state index in [4.69, 9.17) is 16.3 Å². The quantitative estimate of drug-likeness (QED) is 0.619. The largest absolute Gasteiger partial charge is 0.496 e. The fraction of sp³-hybridized carbons (Fsp3) is 0.222. The van der Waals surface area contributed by atoms with Gasteiger partial charge in [0.25, 0.3) is 0 Å². The van der Waals surface area contributed by atoms with Crippen LogP contribution in [0, 0.1) is 3.57 Å². The number of halogens is 2. The van der Waals surface area contributed by atoms with Crippen LogP contribution in [0.5, 0.6) is 5.75 Å². The Balaban J connectivity index is 3.41. The summed E-state index contributed by atoms with van der Waals surface area (Å²) in [5.41, 5.74) is 0.455. The van der Waals surface area contributed by atoms with E-state index in [1.54, 1.807) is 6.07 Å². The van der Waals surface area contributed by atoms with Gasteiger partial charge in [0, 0.05) is 3.57 Å². The Kier molecular flexibility index (Phi) is 3.55. The second-order valence-electron chi connectivity index (χ2n) is 2.49. The van der Waals surface area contributed by atoms with Gasteiger partial charge >= 0.3 is 0 Å². The molecule has 0 heterocycles. The zero-order valence-corrected chi connectivity index (χ0v) is 10.1. The molecule has 0 radical (unpaired) electrons. The van der Waals surface area contributed by atoms with Crippen LogP contribution in [0.15, 0.2) is 12.1 Å². The lowest BCUT2D eigenvalue weighted by Gasteiger charge is -2.08. The predicted octanol–water partition coefficient (Wildman–Crippen LogP) is 3.16. The van der Waals surface area contributed by atoms with Crippen LogP contribution in [0.1, 0.15) is 17.3 Å². The second-order valence-corrected chi connectivity index (χ2v) is 4.03. The van der Waals surface area contributed by atoms with E-state index in [0.29, 0.717) is 16.3 Å². The molecule has 1 aromatic carbocycles. The Morgan fingerprint density at radius 2 is 2.15 bits per heavy atom. The molecular formula is C9H8ClIO2. The van der Waals surface area contributed by atoms with Crippen LogP contribution >= 0.6 is 34.2 Å². The van der Waals surface area contributed by atoms with Gasteiger partial charge < -0.3 is 4.74 Å². The summed E-state index contributed by atoms with van der Waals surface area (Å²) < 4.78 is 5.89. The van der Waals surface area contributed by atoms with Crippen molar-refractivity contribution < 1.29 is 9.53 Å². The molecule has 0 aliphatic carbocycles. The Bertz CT molecular complexity index is 350. The van der Waals surface area contributed by atoms with Gasteiger partial charge in [-0.2, -0.15) is 0 Å². The average molecular weight is 311 g/mol. The fourth-order valence-corrected chi connectivity index (χ4v) is 1.77. The minimum absolute atomic E-state index is 0.0830. The highest BCUT2D eigenvalue weighted by Crippen LogP contribution is 2.30. The van der Waals surface area contributed by atoms with Crippen LogP contribution in [0.4, 0.5) is 0 Å². The third kappa shape index (κ3) is 2.14. The molecule has 0 saturated carbocycles. The maximum absolute atomic E-state index is 11.2. The number of Topliss-reactive ketones (excluding diaryl/α,β-unsaturated/α-hetero) is 1. The molecule has 1 aromatic rings. The third-order valence-corrected chi connectivity index (χ3v) is 3.24. The molecule has 0 aromatic heterocycles. The second kappa shape index (κ2) is 4.28. The molecule has 0 N–H and O–H groups in total. The van der Waals surface area contributed by atoms with Crippen LogP contribution in [0.2, 0.25) is 5.02 Å². The number of carbonyl (C=O) groups is 1. The number of benzene rings is 1. The van der Waals surface area contributed by atoms with E-state index >= 15 is 0 Å². The molecule has 4 heteroatoms. The maximum atomic E-state index is 11.2. The standard InChI is InChI=1S/C9H8ClIO2/c1-5(12)8-7(13-2)4-3-6(11)9(8)10/h3-4H,1-2H3. The van der Waals surface area contributed by atoms with Crippen molar-refractivity contribution in [3.05, 3.63) is 26.3 Å². The van der Waals surface area contributed by atoms with Gasteiger partial charge in [-0.25, -0.2) is 0 Å².